The number of rotatable bonds is 6. The first-order chi connectivity index (χ1) is 13.1. The van der Waals surface area contributed by atoms with Crippen LogP contribution in [0.15, 0.2) is 24.3 Å². The molecule has 0 bridgehead atoms. The highest BCUT2D eigenvalue weighted by Crippen LogP contribution is 2.19. The number of morpholine rings is 1. The van der Waals surface area contributed by atoms with E-state index in [1.165, 1.54) is 0 Å². The second-order valence-corrected chi connectivity index (χ2v) is 7.64. The minimum absolute atomic E-state index is 0.00858. The van der Waals surface area contributed by atoms with E-state index in [9.17, 15) is 9.59 Å². The first kappa shape index (κ1) is 20.1. The van der Waals surface area contributed by atoms with Crippen LogP contribution in [0.5, 0.6) is 0 Å². The van der Waals surface area contributed by atoms with Gasteiger partial charge in [0.1, 0.15) is 0 Å². The van der Waals surface area contributed by atoms with Gasteiger partial charge in [-0.1, -0.05) is 23.7 Å². The number of amides is 2. The minimum atomic E-state index is 0.00858. The van der Waals surface area contributed by atoms with E-state index in [0.717, 1.165) is 51.3 Å². The maximum absolute atomic E-state index is 12.5. The lowest BCUT2D eigenvalue weighted by Gasteiger charge is -2.32. The molecule has 1 N–H and O–H groups in total. The summed E-state index contributed by atoms with van der Waals surface area (Å²) >= 11 is 5.88. The predicted molar refractivity (Wildman–Crippen MR) is 105 cm³/mol. The third-order valence-electron chi connectivity index (χ3n) is 5.32. The van der Waals surface area contributed by atoms with Gasteiger partial charge in [-0.25, -0.2) is 0 Å². The van der Waals surface area contributed by atoms with Crippen LogP contribution in [0.1, 0.15) is 18.4 Å². The zero-order chi connectivity index (χ0) is 19.1. The summed E-state index contributed by atoms with van der Waals surface area (Å²) in [4.78, 5) is 29.0. The Balaban J connectivity index is 1.35. The van der Waals surface area contributed by atoms with Gasteiger partial charge in [0.25, 0.3) is 0 Å². The van der Waals surface area contributed by atoms with E-state index in [1.807, 2.05) is 17.0 Å². The van der Waals surface area contributed by atoms with E-state index >= 15 is 0 Å². The first-order valence-corrected chi connectivity index (χ1v) is 10.1. The van der Waals surface area contributed by atoms with Crippen LogP contribution in [-0.4, -0.2) is 74.1 Å². The lowest BCUT2D eigenvalue weighted by molar-refractivity contribution is -0.135. The Labute approximate surface area is 165 Å². The van der Waals surface area contributed by atoms with Crippen molar-refractivity contribution in [3.05, 3.63) is 34.9 Å². The Morgan fingerprint density at radius 3 is 2.41 bits per heavy atom. The average Bonchev–Trinajstić information content (AvgIpc) is 2.70. The maximum Gasteiger partial charge on any atom is 0.226 e. The summed E-state index contributed by atoms with van der Waals surface area (Å²) in [6.45, 7) is 6.25. The number of likely N-dealkylation sites (tertiary alicyclic amines) is 1. The van der Waals surface area contributed by atoms with Crippen LogP contribution in [-0.2, 0) is 20.7 Å². The predicted octanol–water partition coefficient (Wildman–Crippen LogP) is 1.57. The van der Waals surface area contributed by atoms with E-state index in [-0.39, 0.29) is 17.7 Å². The summed E-state index contributed by atoms with van der Waals surface area (Å²) in [7, 11) is 0. The van der Waals surface area contributed by atoms with E-state index in [1.54, 1.807) is 12.1 Å². The molecule has 0 aliphatic carbocycles. The molecule has 0 spiro atoms. The zero-order valence-electron chi connectivity index (χ0n) is 15.7. The Morgan fingerprint density at radius 1 is 1.07 bits per heavy atom. The van der Waals surface area contributed by atoms with Crippen LogP contribution < -0.4 is 5.32 Å². The molecule has 148 valence electrons. The van der Waals surface area contributed by atoms with Crippen LogP contribution in [0.25, 0.3) is 0 Å². The highest BCUT2D eigenvalue weighted by atomic mass is 35.5. The van der Waals surface area contributed by atoms with Gasteiger partial charge in [-0.3, -0.25) is 14.5 Å². The quantitative estimate of drug-likeness (QED) is 0.797. The largest absolute Gasteiger partial charge is 0.379 e. The first-order valence-electron chi connectivity index (χ1n) is 9.72. The number of nitrogens with zero attached hydrogens (tertiary/aromatic N) is 2. The molecular weight excluding hydrogens is 366 g/mol. The molecule has 2 saturated heterocycles. The number of nitrogens with one attached hydrogen (secondary N) is 1. The normalized spacial score (nSPS) is 19.1. The Kier molecular flexibility index (Phi) is 7.50. The topological polar surface area (TPSA) is 61.9 Å². The molecule has 0 saturated carbocycles. The van der Waals surface area contributed by atoms with Gasteiger partial charge in [-0.15, -0.1) is 0 Å². The standard InChI is InChI=1S/C20H28ClN3O3/c21-18-3-1-16(2-4-18)15-19(25)24-8-5-17(6-9-24)20(26)22-7-10-23-11-13-27-14-12-23/h1-4,17H,5-15H2,(H,22,26). The average molecular weight is 394 g/mol. The highest BCUT2D eigenvalue weighted by Gasteiger charge is 2.27. The number of ether oxygens (including phenoxy) is 1. The number of carbonyl (C=O) groups is 2. The molecule has 7 heteroatoms. The maximum atomic E-state index is 12.5. The molecule has 3 rings (SSSR count). The molecule has 27 heavy (non-hydrogen) atoms. The van der Waals surface area contributed by atoms with E-state index in [2.05, 4.69) is 10.2 Å². The molecule has 1 aromatic rings. The van der Waals surface area contributed by atoms with Crippen molar-refractivity contribution in [1.29, 1.82) is 0 Å². The zero-order valence-corrected chi connectivity index (χ0v) is 16.4. The molecule has 2 aliphatic rings. The SMILES string of the molecule is O=C(NCCN1CCOCC1)C1CCN(C(=O)Cc2ccc(Cl)cc2)CC1. The van der Waals surface area contributed by atoms with Crippen molar-refractivity contribution in [2.45, 2.75) is 19.3 Å². The van der Waals surface area contributed by atoms with Gasteiger partial charge in [-0.2, -0.15) is 0 Å². The van der Waals surface area contributed by atoms with Crippen molar-refractivity contribution in [3.63, 3.8) is 0 Å². The van der Waals surface area contributed by atoms with Gasteiger partial charge >= 0.3 is 0 Å². The molecule has 0 unspecified atom stereocenters. The fourth-order valence-corrected chi connectivity index (χ4v) is 3.71. The molecule has 2 heterocycles. The second kappa shape index (κ2) is 10.1. The number of hydrogen-bond donors (Lipinski definition) is 1. The van der Waals surface area contributed by atoms with Crippen molar-refractivity contribution >= 4 is 23.4 Å². The molecule has 2 fully saturated rings. The van der Waals surface area contributed by atoms with Crippen LogP contribution in [0.3, 0.4) is 0 Å². The lowest BCUT2D eigenvalue weighted by Crippen LogP contribution is -2.45. The molecule has 6 nitrogen and oxygen atoms in total. The smallest absolute Gasteiger partial charge is 0.226 e. The summed E-state index contributed by atoms with van der Waals surface area (Å²) in [5.41, 5.74) is 0.965. The highest BCUT2D eigenvalue weighted by molar-refractivity contribution is 6.30. The van der Waals surface area contributed by atoms with Gasteiger partial charge < -0.3 is 15.0 Å². The Hall–Kier alpha value is -1.63. The van der Waals surface area contributed by atoms with Crippen molar-refractivity contribution < 1.29 is 14.3 Å². The molecule has 0 aromatic heterocycles. The number of benzene rings is 1. The summed E-state index contributed by atoms with van der Waals surface area (Å²) in [5, 5.41) is 3.72. The lowest BCUT2D eigenvalue weighted by atomic mass is 9.95. The fourth-order valence-electron chi connectivity index (χ4n) is 3.59. The van der Waals surface area contributed by atoms with Crippen molar-refractivity contribution in [2.75, 3.05) is 52.5 Å². The van der Waals surface area contributed by atoms with Crippen molar-refractivity contribution in [1.82, 2.24) is 15.1 Å². The molecular formula is C20H28ClN3O3. The number of carbonyl (C=O) groups excluding carboxylic acids is 2. The van der Waals surface area contributed by atoms with Gasteiger partial charge in [0.05, 0.1) is 19.6 Å². The molecule has 0 radical (unpaired) electrons. The molecule has 0 atom stereocenters. The van der Waals surface area contributed by atoms with Crippen molar-refractivity contribution in [3.8, 4) is 0 Å². The van der Waals surface area contributed by atoms with Crippen LogP contribution >= 0.6 is 11.6 Å². The summed E-state index contributed by atoms with van der Waals surface area (Å²) in [6, 6.07) is 7.37. The molecule has 2 aliphatic heterocycles. The van der Waals surface area contributed by atoms with Gasteiger partial charge in [-0.05, 0) is 30.5 Å². The van der Waals surface area contributed by atoms with Gasteiger partial charge in [0.2, 0.25) is 11.8 Å². The Morgan fingerprint density at radius 2 is 1.74 bits per heavy atom. The minimum Gasteiger partial charge on any atom is -0.379 e. The summed E-state index contributed by atoms with van der Waals surface area (Å²) in [5.74, 6) is 0.242. The number of piperidine rings is 1. The van der Waals surface area contributed by atoms with Gasteiger partial charge in [0.15, 0.2) is 0 Å². The number of halogens is 1. The van der Waals surface area contributed by atoms with E-state index < -0.39 is 0 Å². The fraction of sp³-hybridized carbons (Fsp3) is 0.600. The molecule has 1 aromatic carbocycles. The third kappa shape index (κ3) is 6.19. The van der Waals surface area contributed by atoms with Crippen molar-refractivity contribution in [2.24, 2.45) is 5.92 Å². The third-order valence-corrected chi connectivity index (χ3v) is 5.57. The number of hydrogen-bond acceptors (Lipinski definition) is 4. The molecule has 2 amide bonds. The summed E-state index contributed by atoms with van der Waals surface area (Å²) < 4.78 is 5.33. The Bertz CT molecular complexity index is 624. The van der Waals surface area contributed by atoms with Crippen LogP contribution in [0.2, 0.25) is 5.02 Å². The van der Waals surface area contributed by atoms with E-state index in [4.69, 9.17) is 16.3 Å². The van der Waals surface area contributed by atoms with Crippen LogP contribution in [0.4, 0.5) is 0 Å². The van der Waals surface area contributed by atoms with Gasteiger partial charge in [0, 0.05) is 50.2 Å². The van der Waals surface area contributed by atoms with Crippen LogP contribution in [0, 0.1) is 5.92 Å². The van der Waals surface area contributed by atoms with E-state index in [0.29, 0.717) is 31.1 Å². The monoisotopic (exact) mass is 393 g/mol. The summed E-state index contributed by atoms with van der Waals surface area (Å²) in [6.07, 6.45) is 1.85. The second-order valence-electron chi connectivity index (χ2n) is 7.20.